The number of nitrogens with one attached hydrogen (secondary N) is 2. The topological polar surface area (TPSA) is 57.8 Å². The van der Waals surface area contributed by atoms with Gasteiger partial charge in [-0.05, 0) is 25.2 Å². The van der Waals surface area contributed by atoms with E-state index in [1.807, 2.05) is 0 Å². The van der Waals surface area contributed by atoms with Crippen molar-refractivity contribution in [1.29, 1.82) is 0 Å². The average molecular weight is 254 g/mol. The van der Waals surface area contributed by atoms with Crippen LogP contribution in [-0.2, 0) is 4.79 Å². The Morgan fingerprint density at radius 2 is 2.53 bits per heavy atom. The van der Waals surface area contributed by atoms with Crippen LogP contribution >= 0.6 is 11.6 Å². The number of carbonyl (C=O) groups is 1. The maximum absolute atomic E-state index is 11.8. The summed E-state index contributed by atoms with van der Waals surface area (Å²) in [6.45, 7) is 3.94. The van der Waals surface area contributed by atoms with Gasteiger partial charge in [0.05, 0.1) is 0 Å². The maximum Gasteiger partial charge on any atom is 0.227 e. The Morgan fingerprint density at radius 1 is 1.71 bits per heavy atom. The number of halogens is 1. The third-order valence-electron chi connectivity index (χ3n) is 3.07. The summed E-state index contributed by atoms with van der Waals surface area (Å²) in [4.78, 5) is 18.5. The van der Waals surface area contributed by atoms with Gasteiger partial charge in [-0.3, -0.25) is 10.1 Å². The molecule has 2 N–H and O–H groups in total. The predicted octanol–water partition coefficient (Wildman–Crippen LogP) is 2.70. The van der Waals surface area contributed by atoms with Crippen LogP contribution in [0.4, 0.5) is 5.95 Å². The monoisotopic (exact) mass is 253 g/mol. The van der Waals surface area contributed by atoms with Crippen LogP contribution in [0.1, 0.15) is 25.7 Å². The van der Waals surface area contributed by atoms with Gasteiger partial charge in [0, 0.05) is 24.2 Å². The molecule has 0 aliphatic heterocycles. The number of anilines is 1. The Bertz CT molecular complexity index is 402. The molecule has 17 heavy (non-hydrogen) atoms. The first kappa shape index (κ1) is 12.2. The molecule has 0 saturated heterocycles. The fourth-order valence-corrected chi connectivity index (χ4v) is 2.53. The molecule has 1 aliphatic rings. The number of amides is 1. The highest BCUT2D eigenvalue weighted by molar-refractivity contribution is 6.21. The van der Waals surface area contributed by atoms with E-state index in [2.05, 4.69) is 21.9 Å². The molecule has 2 rings (SSSR count). The number of imidazole rings is 1. The Morgan fingerprint density at radius 3 is 3.18 bits per heavy atom. The van der Waals surface area contributed by atoms with E-state index < -0.39 is 0 Å². The molecule has 1 aromatic heterocycles. The van der Waals surface area contributed by atoms with Crippen molar-refractivity contribution in [2.45, 2.75) is 31.1 Å². The van der Waals surface area contributed by atoms with Crippen LogP contribution in [0, 0.1) is 5.92 Å². The summed E-state index contributed by atoms with van der Waals surface area (Å²) >= 11 is 6.24. The van der Waals surface area contributed by atoms with Gasteiger partial charge < -0.3 is 4.98 Å². The Balaban J connectivity index is 1.84. The quantitative estimate of drug-likeness (QED) is 0.643. The zero-order valence-electron chi connectivity index (χ0n) is 9.58. The van der Waals surface area contributed by atoms with Crippen LogP contribution < -0.4 is 5.32 Å². The Hall–Kier alpha value is -1.29. The molecule has 92 valence electrons. The molecular weight excluding hydrogens is 238 g/mol. The highest BCUT2D eigenvalue weighted by Gasteiger charge is 2.27. The number of hydrogen-bond acceptors (Lipinski definition) is 2. The van der Waals surface area contributed by atoms with E-state index >= 15 is 0 Å². The standard InChI is InChI=1S/C12H16ClN3O/c1-8-2-3-9(10(13)6-8)7-11(17)16-12-14-4-5-15-12/h4-5,9-10H,1-3,6-7H2,(H2,14,15,16,17). The second kappa shape index (κ2) is 5.36. The van der Waals surface area contributed by atoms with Crippen molar-refractivity contribution in [3.8, 4) is 0 Å². The minimum atomic E-state index is -0.0388. The predicted molar refractivity (Wildman–Crippen MR) is 68.0 cm³/mol. The lowest BCUT2D eigenvalue weighted by Crippen LogP contribution is -2.26. The van der Waals surface area contributed by atoms with E-state index in [0.29, 0.717) is 12.4 Å². The molecule has 0 aromatic carbocycles. The van der Waals surface area contributed by atoms with Gasteiger partial charge in [0.25, 0.3) is 0 Å². The highest BCUT2D eigenvalue weighted by Crippen LogP contribution is 2.33. The first-order valence-electron chi connectivity index (χ1n) is 5.75. The zero-order chi connectivity index (χ0) is 12.3. The highest BCUT2D eigenvalue weighted by atomic mass is 35.5. The van der Waals surface area contributed by atoms with Gasteiger partial charge in [-0.15, -0.1) is 11.6 Å². The third kappa shape index (κ3) is 3.33. The van der Waals surface area contributed by atoms with Crippen LogP contribution in [-0.4, -0.2) is 21.3 Å². The molecule has 1 aromatic rings. The van der Waals surface area contributed by atoms with Gasteiger partial charge in [0.1, 0.15) is 0 Å². The van der Waals surface area contributed by atoms with E-state index in [-0.39, 0.29) is 17.2 Å². The van der Waals surface area contributed by atoms with E-state index in [1.54, 1.807) is 12.4 Å². The van der Waals surface area contributed by atoms with Crippen molar-refractivity contribution in [3.05, 3.63) is 24.5 Å². The lowest BCUT2D eigenvalue weighted by Gasteiger charge is -2.27. The molecule has 1 fully saturated rings. The number of hydrogen-bond donors (Lipinski definition) is 2. The number of H-pyrrole nitrogens is 1. The SMILES string of the molecule is C=C1CCC(CC(=O)Nc2ncc[nH]2)C(Cl)C1. The molecular formula is C12H16ClN3O. The van der Waals surface area contributed by atoms with Crippen LogP contribution in [0.2, 0.25) is 0 Å². The molecule has 0 spiro atoms. The molecule has 5 heteroatoms. The lowest BCUT2D eigenvalue weighted by atomic mass is 9.84. The molecule has 1 saturated carbocycles. The molecule has 1 heterocycles. The number of aromatic nitrogens is 2. The summed E-state index contributed by atoms with van der Waals surface area (Å²) in [5, 5.41) is 2.74. The van der Waals surface area contributed by atoms with Crippen molar-refractivity contribution in [2.75, 3.05) is 5.32 Å². The summed E-state index contributed by atoms with van der Waals surface area (Å²) in [5.74, 6) is 0.682. The molecule has 0 radical (unpaired) electrons. The van der Waals surface area contributed by atoms with Crippen molar-refractivity contribution in [1.82, 2.24) is 9.97 Å². The molecule has 2 atom stereocenters. The van der Waals surface area contributed by atoms with E-state index in [1.165, 1.54) is 5.57 Å². The molecule has 2 unspecified atom stereocenters. The number of carbonyl (C=O) groups excluding carboxylic acids is 1. The largest absolute Gasteiger partial charge is 0.331 e. The third-order valence-corrected chi connectivity index (χ3v) is 3.58. The second-order valence-corrected chi connectivity index (χ2v) is 5.02. The second-order valence-electron chi connectivity index (χ2n) is 4.46. The summed E-state index contributed by atoms with van der Waals surface area (Å²) in [7, 11) is 0. The van der Waals surface area contributed by atoms with Gasteiger partial charge >= 0.3 is 0 Å². The van der Waals surface area contributed by atoms with Gasteiger partial charge in [0.15, 0.2) is 0 Å². The van der Waals surface area contributed by atoms with Crippen molar-refractivity contribution >= 4 is 23.5 Å². The smallest absolute Gasteiger partial charge is 0.227 e. The van der Waals surface area contributed by atoms with Crippen LogP contribution in [0.5, 0.6) is 0 Å². The van der Waals surface area contributed by atoms with Gasteiger partial charge in [-0.2, -0.15) is 0 Å². The molecule has 4 nitrogen and oxygen atoms in total. The van der Waals surface area contributed by atoms with E-state index in [4.69, 9.17) is 11.6 Å². The van der Waals surface area contributed by atoms with Crippen molar-refractivity contribution < 1.29 is 4.79 Å². The fourth-order valence-electron chi connectivity index (χ4n) is 2.10. The first-order valence-corrected chi connectivity index (χ1v) is 6.18. The fraction of sp³-hybridized carbons (Fsp3) is 0.500. The normalized spacial score (nSPS) is 24.6. The number of alkyl halides is 1. The van der Waals surface area contributed by atoms with Crippen LogP contribution in [0.3, 0.4) is 0 Å². The van der Waals surface area contributed by atoms with Gasteiger partial charge in [-0.1, -0.05) is 12.2 Å². The summed E-state index contributed by atoms with van der Waals surface area (Å²) in [6.07, 6.45) is 6.46. The van der Waals surface area contributed by atoms with Gasteiger partial charge in [0.2, 0.25) is 11.9 Å². The number of allylic oxidation sites excluding steroid dienone is 1. The first-order chi connectivity index (χ1) is 8.15. The molecule has 1 aliphatic carbocycles. The lowest BCUT2D eigenvalue weighted by molar-refractivity contribution is -0.117. The summed E-state index contributed by atoms with van der Waals surface area (Å²) in [6, 6.07) is 0. The number of aromatic amines is 1. The van der Waals surface area contributed by atoms with E-state index in [9.17, 15) is 4.79 Å². The number of nitrogens with zero attached hydrogens (tertiary/aromatic N) is 1. The van der Waals surface area contributed by atoms with E-state index in [0.717, 1.165) is 19.3 Å². The zero-order valence-corrected chi connectivity index (χ0v) is 10.3. The number of rotatable bonds is 3. The summed E-state index contributed by atoms with van der Waals surface area (Å²) in [5.41, 5.74) is 1.19. The minimum absolute atomic E-state index is 0.0265. The Labute approximate surface area is 105 Å². The summed E-state index contributed by atoms with van der Waals surface area (Å²) < 4.78 is 0. The van der Waals surface area contributed by atoms with Crippen LogP contribution in [0.25, 0.3) is 0 Å². The van der Waals surface area contributed by atoms with Gasteiger partial charge in [-0.25, -0.2) is 4.98 Å². The maximum atomic E-state index is 11.8. The Kier molecular flexibility index (Phi) is 3.84. The van der Waals surface area contributed by atoms with Crippen molar-refractivity contribution in [3.63, 3.8) is 0 Å². The molecule has 0 bridgehead atoms. The minimum Gasteiger partial charge on any atom is -0.331 e. The van der Waals surface area contributed by atoms with Crippen LogP contribution in [0.15, 0.2) is 24.5 Å². The average Bonchev–Trinajstić information content (AvgIpc) is 2.75. The van der Waals surface area contributed by atoms with Crippen molar-refractivity contribution in [2.24, 2.45) is 5.92 Å². The molecule has 1 amide bonds.